The highest BCUT2D eigenvalue weighted by molar-refractivity contribution is 5.57. The first-order valence-electron chi connectivity index (χ1n) is 11.4. The van der Waals surface area contributed by atoms with Crippen molar-refractivity contribution in [2.45, 2.75) is 18.9 Å². The molecule has 0 aliphatic carbocycles. The second kappa shape index (κ2) is 10.7. The zero-order valence-electron chi connectivity index (χ0n) is 18.9. The molecule has 1 unspecified atom stereocenters. The largest absolute Gasteiger partial charge is 0.497 e. The van der Waals surface area contributed by atoms with Crippen molar-refractivity contribution in [3.63, 3.8) is 0 Å². The average molecular weight is 422 g/mol. The molecule has 2 fully saturated rings. The van der Waals surface area contributed by atoms with E-state index in [0.29, 0.717) is 6.04 Å². The molecular formula is C26H35N3O2. The number of piperidine rings is 1. The fourth-order valence-electron chi connectivity index (χ4n) is 4.77. The molecule has 5 heteroatoms. The van der Waals surface area contributed by atoms with Gasteiger partial charge in [0.2, 0.25) is 0 Å². The maximum Gasteiger partial charge on any atom is 0.126 e. The molecule has 0 spiro atoms. The number of hydrogen-bond donors (Lipinski definition) is 0. The fraction of sp³-hybridized carbons (Fsp3) is 0.462. The van der Waals surface area contributed by atoms with E-state index in [-0.39, 0.29) is 0 Å². The zero-order valence-corrected chi connectivity index (χ0v) is 18.9. The van der Waals surface area contributed by atoms with Gasteiger partial charge < -0.3 is 14.4 Å². The lowest BCUT2D eigenvalue weighted by molar-refractivity contribution is 0.0991. The summed E-state index contributed by atoms with van der Waals surface area (Å²) in [7, 11) is 3.45. The van der Waals surface area contributed by atoms with Crippen molar-refractivity contribution in [1.29, 1.82) is 0 Å². The minimum absolute atomic E-state index is 0.673. The van der Waals surface area contributed by atoms with E-state index in [4.69, 9.17) is 9.47 Å². The molecule has 0 radical (unpaired) electrons. The Hall–Kier alpha value is -2.50. The third-order valence-corrected chi connectivity index (χ3v) is 6.55. The summed E-state index contributed by atoms with van der Waals surface area (Å²) in [5.74, 6) is 1.86. The van der Waals surface area contributed by atoms with Gasteiger partial charge in [0, 0.05) is 56.6 Å². The standard InChI is InChI=1S/C26H35N3O2/c1-30-25-13-11-23(12-14-25)28-17-19-29(20-18-28)24-9-6-16-27(21-24)15-5-8-22-7-3-4-10-26(22)31-2/h3-5,7-8,10-14,24H,6,9,15-21H2,1-2H3/b8-5+. The molecular weight excluding hydrogens is 386 g/mol. The van der Waals surface area contributed by atoms with Crippen molar-refractivity contribution in [3.05, 3.63) is 60.2 Å². The van der Waals surface area contributed by atoms with Crippen molar-refractivity contribution >= 4 is 11.8 Å². The van der Waals surface area contributed by atoms with E-state index in [2.05, 4.69) is 63.2 Å². The van der Waals surface area contributed by atoms with Gasteiger partial charge in [0.15, 0.2) is 0 Å². The molecule has 4 rings (SSSR count). The first-order chi connectivity index (χ1) is 15.3. The van der Waals surface area contributed by atoms with Crippen LogP contribution in [0, 0.1) is 0 Å². The van der Waals surface area contributed by atoms with E-state index in [9.17, 15) is 0 Å². The number of hydrogen-bond acceptors (Lipinski definition) is 5. The summed E-state index contributed by atoms with van der Waals surface area (Å²) in [5, 5.41) is 0. The molecule has 0 N–H and O–H groups in total. The molecule has 0 amide bonds. The normalized spacial score (nSPS) is 20.8. The number of piperazine rings is 1. The smallest absolute Gasteiger partial charge is 0.126 e. The molecule has 5 nitrogen and oxygen atoms in total. The Balaban J connectivity index is 1.26. The Morgan fingerprint density at radius 3 is 2.42 bits per heavy atom. The van der Waals surface area contributed by atoms with Gasteiger partial charge in [-0.3, -0.25) is 9.80 Å². The van der Waals surface area contributed by atoms with Crippen LogP contribution in [-0.2, 0) is 0 Å². The Labute approximate surface area is 186 Å². The Morgan fingerprint density at radius 2 is 1.68 bits per heavy atom. The van der Waals surface area contributed by atoms with E-state index in [0.717, 1.165) is 49.8 Å². The van der Waals surface area contributed by atoms with Crippen LogP contribution in [0.1, 0.15) is 18.4 Å². The van der Waals surface area contributed by atoms with Gasteiger partial charge in [0.25, 0.3) is 0 Å². The summed E-state index contributed by atoms with van der Waals surface area (Å²) >= 11 is 0. The maximum absolute atomic E-state index is 5.45. The van der Waals surface area contributed by atoms with E-state index in [1.165, 1.54) is 31.6 Å². The second-order valence-electron chi connectivity index (χ2n) is 8.42. The van der Waals surface area contributed by atoms with Crippen molar-refractivity contribution in [2.24, 2.45) is 0 Å². The first kappa shape index (κ1) is 21.7. The topological polar surface area (TPSA) is 28.2 Å². The molecule has 2 heterocycles. The van der Waals surface area contributed by atoms with Crippen LogP contribution in [0.15, 0.2) is 54.6 Å². The third-order valence-electron chi connectivity index (χ3n) is 6.55. The van der Waals surface area contributed by atoms with Gasteiger partial charge in [-0.25, -0.2) is 0 Å². The Kier molecular flexibility index (Phi) is 7.49. The third kappa shape index (κ3) is 5.60. The molecule has 2 aromatic carbocycles. The van der Waals surface area contributed by atoms with Crippen LogP contribution >= 0.6 is 0 Å². The van der Waals surface area contributed by atoms with Crippen LogP contribution in [0.3, 0.4) is 0 Å². The van der Waals surface area contributed by atoms with Crippen molar-refractivity contribution < 1.29 is 9.47 Å². The lowest BCUT2D eigenvalue weighted by Crippen LogP contribution is -2.55. The summed E-state index contributed by atoms with van der Waals surface area (Å²) in [6, 6.07) is 17.3. The second-order valence-corrected chi connectivity index (χ2v) is 8.42. The Bertz CT molecular complexity index is 844. The van der Waals surface area contributed by atoms with E-state index < -0.39 is 0 Å². The number of benzene rings is 2. The van der Waals surface area contributed by atoms with Crippen LogP contribution in [0.2, 0.25) is 0 Å². The molecule has 0 aromatic heterocycles. The van der Waals surface area contributed by atoms with E-state index >= 15 is 0 Å². The average Bonchev–Trinajstić information content (AvgIpc) is 2.85. The maximum atomic E-state index is 5.45. The summed E-state index contributed by atoms with van der Waals surface area (Å²) in [6.07, 6.45) is 7.07. The highest BCUT2D eigenvalue weighted by Crippen LogP contribution is 2.23. The molecule has 0 bridgehead atoms. The zero-order chi connectivity index (χ0) is 21.5. The molecule has 2 aromatic rings. The quantitative estimate of drug-likeness (QED) is 0.674. The Morgan fingerprint density at radius 1 is 0.903 bits per heavy atom. The van der Waals surface area contributed by atoms with Gasteiger partial charge in [-0.2, -0.15) is 0 Å². The van der Waals surface area contributed by atoms with Gasteiger partial charge in [-0.15, -0.1) is 0 Å². The molecule has 2 saturated heterocycles. The molecule has 2 aliphatic heterocycles. The number of ether oxygens (including phenoxy) is 2. The van der Waals surface area contributed by atoms with Crippen molar-refractivity contribution in [3.8, 4) is 11.5 Å². The lowest BCUT2D eigenvalue weighted by atomic mass is 10.0. The SMILES string of the molecule is COc1ccc(N2CCN(C3CCCN(C/C=C/c4ccccc4OC)C3)CC2)cc1. The highest BCUT2D eigenvalue weighted by Gasteiger charge is 2.27. The predicted octanol–water partition coefficient (Wildman–Crippen LogP) is 4.00. The highest BCUT2D eigenvalue weighted by atomic mass is 16.5. The van der Waals surface area contributed by atoms with Gasteiger partial charge in [0.1, 0.15) is 11.5 Å². The van der Waals surface area contributed by atoms with Crippen LogP contribution in [0.4, 0.5) is 5.69 Å². The van der Waals surface area contributed by atoms with Crippen LogP contribution in [0.5, 0.6) is 11.5 Å². The van der Waals surface area contributed by atoms with Crippen LogP contribution in [-0.4, -0.2) is 75.9 Å². The monoisotopic (exact) mass is 421 g/mol. The van der Waals surface area contributed by atoms with Gasteiger partial charge in [-0.1, -0.05) is 30.4 Å². The first-order valence-corrected chi connectivity index (χ1v) is 11.4. The number of para-hydroxylation sites is 1. The molecule has 166 valence electrons. The minimum atomic E-state index is 0.673. The van der Waals surface area contributed by atoms with Crippen LogP contribution in [0.25, 0.3) is 6.08 Å². The van der Waals surface area contributed by atoms with Gasteiger partial charge in [-0.05, 0) is 49.7 Å². The van der Waals surface area contributed by atoms with Gasteiger partial charge in [0.05, 0.1) is 14.2 Å². The summed E-state index contributed by atoms with van der Waals surface area (Å²) in [5.41, 5.74) is 2.44. The number of nitrogens with zero attached hydrogens (tertiary/aromatic N) is 3. The molecule has 31 heavy (non-hydrogen) atoms. The summed E-state index contributed by atoms with van der Waals surface area (Å²) in [6.45, 7) is 7.83. The number of anilines is 1. The summed E-state index contributed by atoms with van der Waals surface area (Å²) in [4.78, 5) is 7.79. The van der Waals surface area contributed by atoms with E-state index in [1.807, 2.05) is 12.1 Å². The fourth-order valence-corrected chi connectivity index (χ4v) is 4.77. The van der Waals surface area contributed by atoms with E-state index in [1.54, 1.807) is 14.2 Å². The van der Waals surface area contributed by atoms with Crippen molar-refractivity contribution in [2.75, 3.05) is 64.9 Å². The van der Waals surface area contributed by atoms with Crippen molar-refractivity contribution in [1.82, 2.24) is 9.80 Å². The molecule has 1 atom stereocenters. The predicted molar refractivity (Wildman–Crippen MR) is 128 cm³/mol. The lowest BCUT2D eigenvalue weighted by Gasteiger charge is -2.43. The number of likely N-dealkylation sites (tertiary alicyclic amines) is 1. The molecule has 2 aliphatic rings. The summed E-state index contributed by atoms with van der Waals surface area (Å²) < 4.78 is 10.7. The van der Waals surface area contributed by atoms with Crippen LogP contribution < -0.4 is 14.4 Å². The van der Waals surface area contributed by atoms with Gasteiger partial charge >= 0.3 is 0 Å². The number of rotatable bonds is 7. The molecule has 0 saturated carbocycles. The minimum Gasteiger partial charge on any atom is -0.497 e. The number of methoxy groups -OCH3 is 2.